The van der Waals surface area contributed by atoms with Crippen LogP contribution in [0.1, 0.15) is 305 Å². The fourth-order valence-corrected chi connectivity index (χ4v) is 14.1. The molecule has 514 valence electrons. The maximum atomic E-state index is 13.8. The van der Waals surface area contributed by atoms with Crippen molar-refractivity contribution in [3.05, 3.63) is 108 Å². The van der Waals surface area contributed by atoms with E-state index in [1.807, 2.05) is 60.7 Å². The summed E-state index contributed by atoms with van der Waals surface area (Å²) >= 11 is 3.20. The van der Waals surface area contributed by atoms with Crippen LogP contribution >= 0.6 is 22.7 Å². The van der Waals surface area contributed by atoms with Crippen molar-refractivity contribution in [1.82, 2.24) is 9.97 Å². The number of unbranched alkanes of at least 4 members (excludes halogenated alkanes) is 36. The van der Waals surface area contributed by atoms with Gasteiger partial charge in [0.1, 0.15) is 44.5 Å². The van der Waals surface area contributed by atoms with Gasteiger partial charge in [-0.3, -0.25) is 0 Å². The SMILES string of the molecule is CCCCCCCCCCCCOc1cc(OCCCCCCCCCCCC)cc(C(=O)Oc2ccc(-c3nc4cc5sc(-c6ccc(OC(=O)c7cc(OCCCCCCCCCCCC)cc(OCCCCCCCCCCCC)c7)cc6)nc5cc4s3)cc2)c1. The highest BCUT2D eigenvalue weighted by molar-refractivity contribution is 7.23. The van der Waals surface area contributed by atoms with Crippen molar-refractivity contribution in [3.8, 4) is 55.6 Å². The van der Waals surface area contributed by atoms with Gasteiger partial charge in [0, 0.05) is 23.3 Å². The van der Waals surface area contributed by atoms with Gasteiger partial charge in [-0.2, -0.15) is 0 Å². The van der Waals surface area contributed by atoms with Crippen molar-refractivity contribution < 1.29 is 38.0 Å². The molecule has 2 heterocycles. The van der Waals surface area contributed by atoms with E-state index < -0.39 is 11.9 Å². The molecule has 0 aliphatic carbocycles. The molecule has 0 atom stereocenters. The minimum Gasteiger partial charge on any atom is -0.493 e. The molecule has 0 amide bonds. The fraction of sp³-hybridized carbons (Fsp3) is 0.585. The van der Waals surface area contributed by atoms with E-state index >= 15 is 0 Å². The molecule has 0 aliphatic rings. The molecule has 10 nitrogen and oxygen atoms in total. The van der Waals surface area contributed by atoms with E-state index in [9.17, 15) is 9.59 Å². The zero-order valence-electron chi connectivity index (χ0n) is 58.3. The summed E-state index contributed by atoms with van der Waals surface area (Å²) in [5, 5.41) is 1.73. The van der Waals surface area contributed by atoms with E-state index in [2.05, 4.69) is 39.8 Å². The second kappa shape index (κ2) is 46.2. The molecule has 94 heavy (non-hydrogen) atoms. The molecule has 0 saturated carbocycles. The third-order valence-electron chi connectivity index (χ3n) is 17.8. The number of nitrogens with zero attached hydrogens (tertiary/aromatic N) is 2. The monoisotopic (exact) mass is 1320 g/mol. The normalized spacial score (nSPS) is 11.4. The number of carbonyl (C=O) groups is 2. The molecular formula is C82H116N2O8S2. The van der Waals surface area contributed by atoms with Crippen molar-refractivity contribution >= 4 is 55.0 Å². The molecule has 0 bridgehead atoms. The van der Waals surface area contributed by atoms with Gasteiger partial charge in [-0.05, 0) is 111 Å². The van der Waals surface area contributed by atoms with E-state index in [4.69, 9.17) is 38.4 Å². The zero-order valence-corrected chi connectivity index (χ0v) is 60.0. The average molecular weight is 1320 g/mol. The molecule has 0 fully saturated rings. The number of fused-ring (bicyclic) bond motifs is 2. The molecular weight excluding hydrogens is 1210 g/mol. The number of hydrogen-bond acceptors (Lipinski definition) is 12. The van der Waals surface area contributed by atoms with Crippen LogP contribution in [0.15, 0.2) is 97.1 Å². The van der Waals surface area contributed by atoms with Crippen molar-refractivity contribution in [2.45, 2.75) is 285 Å². The number of esters is 2. The van der Waals surface area contributed by atoms with Gasteiger partial charge in [-0.1, -0.05) is 259 Å². The summed E-state index contributed by atoms with van der Waals surface area (Å²) < 4.78 is 39.1. The Morgan fingerprint density at radius 1 is 0.287 bits per heavy atom. The topological polar surface area (TPSA) is 115 Å². The first kappa shape index (κ1) is 75.4. The van der Waals surface area contributed by atoms with Crippen molar-refractivity contribution in [2.75, 3.05) is 26.4 Å². The lowest BCUT2D eigenvalue weighted by Crippen LogP contribution is -2.10. The van der Waals surface area contributed by atoms with Gasteiger partial charge in [0.15, 0.2) is 0 Å². The van der Waals surface area contributed by atoms with Crippen LogP contribution in [0, 0.1) is 0 Å². The fourth-order valence-electron chi connectivity index (χ4n) is 12.1. The van der Waals surface area contributed by atoms with Crippen LogP contribution in [0.2, 0.25) is 0 Å². The highest BCUT2D eigenvalue weighted by Crippen LogP contribution is 2.38. The smallest absolute Gasteiger partial charge is 0.343 e. The molecule has 0 spiro atoms. The van der Waals surface area contributed by atoms with Crippen LogP contribution in [-0.4, -0.2) is 48.3 Å². The third kappa shape index (κ3) is 29.2. The molecule has 0 unspecified atom stereocenters. The van der Waals surface area contributed by atoms with Gasteiger partial charge >= 0.3 is 11.9 Å². The van der Waals surface area contributed by atoms with Crippen LogP contribution in [0.25, 0.3) is 41.6 Å². The second-order valence-corrected chi connectivity index (χ2v) is 28.2. The number of thiazole rings is 2. The first-order chi connectivity index (χ1) is 46.3. The summed E-state index contributed by atoms with van der Waals surface area (Å²) in [6, 6.07) is 30.2. The van der Waals surface area contributed by atoms with Crippen LogP contribution in [-0.2, 0) is 0 Å². The Hall–Kier alpha value is -5.98. The highest BCUT2D eigenvalue weighted by atomic mass is 32.1. The number of hydrogen-bond donors (Lipinski definition) is 0. The molecule has 12 heteroatoms. The minimum absolute atomic E-state index is 0.399. The third-order valence-corrected chi connectivity index (χ3v) is 20.0. The summed E-state index contributed by atoms with van der Waals surface area (Å²) in [6.45, 7) is 11.4. The number of benzene rings is 5. The molecule has 0 aliphatic heterocycles. The predicted octanol–water partition coefficient (Wildman–Crippen LogP) is 25.9. The number of aromatic nitrogens is 2. The van der Waals surface area contributed by atoms with Crippen LogP contribution in [0.5, 0.6) is 34.5 Å². The van der Waals surface area contributed by atoms with E-state index in [-0.39, 0.29) is 0 Å². The standard InChI is InChI=1S/C82H116N2O8S2/c1-5-9-13-17-21-25-29-33-37-41-53-87-71-57-67(58-72(61-71)88-54-42-38-34-30-26-22-18-14-10-6-2)81(85)91-69-49-45-65(46-50-69)79-83-75-63-78-76(64-77(75)93-79)84-80(94-78)66-47-51-70(52-48-66)92-82(86)68-59-73(89-55-43-39-35-31-27-23-19-15-11-7-3)62-74(60-68)90-56-44-40-36-32-28-24-20-16-12-8-4/h45-52,57-64H,5-44,53-56H2,1-4H3. The Morgan fingerprint density at radius 2 is 0.521 bits per heavy atom. The summed E-state index contributed by atoms with van der Waals surface area (Å²) in [5.41, 5.74) is 4.44. The van der Waals surface area contributed by atoms with Crippen molar-refractivity contribution in [3.63, 3.8) is 0 Å². The second-order valence-electron chi connectivity index (χ2n) is 26.2. The number of carbonyl (C=O) groups excluding carboxylic acids is 2. The largest absolute Gasteiger partial charge is 0.493 e. The lowest BCUT2D eigenvalue weighted by atomic mass is 10.1. The van der Waals surface area contributed by atoms with Gasteiger partial charge in [0.2, 0.25) is 0 Å². The molecule has 7 rings (SSSR count). The zero-order chi connectivity index (χ0) is 65.9. The summed E-state index contributed by atoms with van der Waals surface area (Å²) in [4.78, 5) is 37.7. The molecule has 2 aromatic heterocycles. The van der Waals surface area contributed by atoms with Crippen molar-refractivity contribution in [1.29, 1.82) is 0 Å². The van der Waals surface area contributed by atoms with Crippen molar-refractivity contribution in [2.24, 2.45) is 0 Å². The summed E-state index contributed by atoms with van der Waals surface area (Å²) in [5.74, 6) is 2.48. The maximum absolute atomic E-state index is 13.8. The van der Waals surface area contributed by atoms with E-state index in [1.54, 1.807) is 46.9 Å². The Balaban J connectivity index is 0.911. The van der Waals surface area contributed by atoms with Gasteiger partial charge in [-0.25, -0.2) is 19.6 Å². The van der Waals surface area contributed by atoms with Gasteiger partial charge in [-0.15, -0.1) is 22.7 Å². The van der Waals surface area contributed by atoms with E-state index in [0.29, 0.717) is 72.1 Å². The van der Waals surface area contributed by atoms with Crippen LogP contribution in [0.3, 0.4) is 0 Å². The molecule has 0 radical (unpaired) electrons. The highest BCUT2D eigenvalue weighted by Gasteiger charge is 2.18. The minimum atomic E-state index is -0.460. The first-order valence-electron chi connectivity index (χ1n) is 37.5. The Kier molecular flexibility index (Phi) is 37.1. The molecule has 5 aromatic carbocycles. The number of ether oxygens (including phenoxy) is 6. The average Bonchev–Trinajstić information content (AvgIpc) is 1.65. The summed E-state index contributed by atoms with van der Waals surface area (Å²) in [6.07, 6.45) is 50.3. The van der Waals surface area contributed by atoms with Gasteiger partial charge in [0.25, 0.3) is 0 Å². The Bertz CT molecular complexity index is 2820. The predicted molar refractivity (Wildman–Crippen MR) is 396 cm³/mol. The Morgan fingerprint density at radius 3 is 0.766 bits per heavy atom. The van der Waals surface area contributed by atoms with Crippen LogP contribution in [0.4, 0.5) is 0 Å². The number of rotatable bonds is 54. The summed E-state index contributed by atoms with van der Waals surface area (Å²) in [7, 11) is 0. The quantitative estimate of drug-likeness (QED) is 0.0207. The van der Waals surface area contributed by atoms with E-state index in [0.717, 1.165) is 92.9 Å². The van der Waals surface area contributed by atoms with Crippen LogP contribution < -0.4 is 28.4 Å². The maximum Gasteiger partial charge on any atom is 0.343 e. The first-order valence-corrected chi connectivity index (χ1v) is 39.1. The molecule has 0 N–H and O–H groups in total. The van der Waals surface area contributed by atoms with Gasteiger partial charge in [0.05, 0.1) is 58.0 Å². The van der Waals surface area contributed by atoms with Gasteiger partial charge < -0.3 is 28.4 Å². The molecule has 0 saturated heterocycles. The Labute approximate surface area is 574 Å². The lowest BCUT2D eigenvalue weighted by molar-refractivity contribution is 0.0724. The van der Waals surface area contributed by atoms with E-state index in [1.165, 1.54) is 205 Å². The lowest BCUT2D eigenvalue weighted by Gasteiger charge is -2.13. The molecule has 7 aromatic rings.